The third kappa shape index (κ3) is 2.74. The summed E-state index contributed by atoms with van der Waals surface area (Å²) in [6.07, 6.45) is -0.624. The molecule has 86 valence electrons. The Morgan fingerprint density at radius 1 is 1.06 bits per heavy atom. The summed E-state index contributed by atoms with van der Waals surface area (Å²) in [5, 5.41) is 10.8. The van der Waals surface area contributed by atoms with Crippen LogP contribution in [0.4, 0.5) is 0 Å². The van der Waals surface area contributed by atoms with Gasteiger partial charge in [0.1, 0.15) is 6.10 Å². The quantitative estimate of drug-likeness (QED) is 0.589. The fourth-order valence-electron chi connectivity index (χ4n) is 1.14. The Morgan fingerprint density at radius 2 is 1.62 bits per heavy atom. The Kier molecular flexibility index (Phi) is 4.55. The Balaban J connectivity index is 2.34. The predicted octanol–water partition coefficient (Wildman–Crippen LogP) is 5.83. The summed E-state index contributed by atoms with van der Waals surface area (Å²) in [5.41, 5.74) is 0. The van der Waals surface area contributed by atoms with Gasteiger partial charge < -0.3 is 5.11 Å². The van der Waals surface area contributed by atoms with Crippen molar-refractivity contribution in [2.75, 3.05) is 0 Å². The Hall–Kier alpha value is 1.09. The monoisotopic (exact) mass is 464 g/mol. The van der Waals surface area contributed by atoms with E-state index in [1.54, 1.807) is 6.07 Å². The number of thiophene rings is 2. The van der Waals surface area contributed by atoms with Gasteiger partial charge in [0.15, 0.2) is 0 Å². The van der Waals surface area contributed by atoms with Gasteiger partial charge in [-0.05, 0) is 59.9 Å². The van der Waals surface area contributed by atoms with Gasteiger partial charge in [-0.2, -0.15) is 0 Å². The molecule has 16 heavy (non-hydrogen) atoms. The van der Waals surface area contributed by atoms with E-state index < -0.39 is 6.10 Å². The maximum Gasteiger partial charge on any atom is 0.122 e. The van der Waals surface area contributed by atoms with Crippen LogP contribution >= 0.6 is 82.1 Å². The average Bonchev–Trinajstić information content (AvgIpc) is 2.72. The fourth-order valence-corrected chi connectivity index (χ4v) is 5.06. The van der Waals surface area contributed by atoms with Gasteiger partial charge in [-0.15, -0.1) is 22.7 Å². The van der Waals surface area contributed by atoms with Crippen LogP contribution in [-0.2, 0) is 0 Å². The standard InChI is InChI=1S/C9H4Br3ClOS2/c10-3-1-5(15-8(3)11)7(14)6-2-4(13)9(12)16-6/h1-2,7,14H. The molecule has 0 aromatic carbocycles. The molecule has 2 aromatic heterocycles. The summed E-state index contributed by atoms with van der Waals surface area (Å²) in [6, 6.07) is 3.68. The molecule has 0 saturated heterocycles. The second-order valence-corrected chi connectivity index (χ2v) is 9.01. The normalized spacial score (nSPS) is 13.1. The summed E-state index contributed by atoms with van der Waals surface area (Å²) in [4.78, 5) is 1.71. The van der Waals surface area contributed by atoms with Crippen LogP contribution in [-0.4, -0.2) is 5.11 Å². The first-order valence-electron chi connectivity index (χ1n) is 4.06. The number of hydrogen-bond donors (Lipinski definition) is 1. The molecule has 0 fully saturated rings. The zero-order valence-corrected chi connectivity index (χ0v) is 14.7. The van der Waals surface area contributed by atoms with Crippen molar-refractivity contribution < 1.29 is 5.11 Å². The van der Waals surface area contributed by atoms with Crippen molar-refractivity contribution in [1.82, 2.24) is 0 Å². The van der Waals surface area contributed by atoms with E-state index in [1.807, 2.05) is 6.07 Å². The van der Waals surface area contributed by atoms with Gasteiger partial charge in [0, 0.05) is 14.2 Å². The van der Waals surface area contributed by atoms with Crippen molar-refractivity contribution in [3.8, 4) is 0 Å². The third-order valence-corrected chi connectivity index (χ3v) is 7.70. The van der Waals surface area contributed by atoms with Crippen molar-refractivity contribution >= 4 is 82.1 Å². The van der Waals surface area contributed by atoms with Crippen LogP contribution in [0.2, 0.25) is 5.02 Å². The molecule has 7 heteroatoms. The van der Waals surface area contributed by atoms with Gasteiger partial charge in [0.05, 0.1) is 12.6 Å². The van der Waals surface area contributed by atoms with Crippen LogP contribution in [0.3, 0.4) is 0 Å². The molecule has 0 spiro atoms. The van der Waals surface area contributed by atoms with Gasteiger partial charge in [-0.3, -0.25) is 0 Å². The summed E-state index contributed by atoms with van der Waals surface area (Å²) in [5.74, 6) is 0. The van der Waals surface area contributed by atoms with Crippen LogP contribution in [0, 0.1) is 0 Å². The van der Waals surface area contributed by atoms with Gasteiger partial charge in [-0.25, -0.2) is 0 Å². The van der Waals surface area contributed by atoms with E-state index in [1.165, 1.54) is 22.7 Å². The molecule has 2 aromatic rings. The smallest absolute Gasteiger partial charge is 0.122 e. The van der Waals surface area contributed by atoms with E-state index in [0.717, 1.165) is 21.8 Å². The summed E-state index contributed by atoms with van der Waals surface area (Å²) < 4.78 is 2.77. The summed E-state index contributed by atoms with van der Waals surface area (Å²) in [7, 11) is 0. The van der Waals surface area contributed by atoms with Gasteiger partial charge in [0.2, 0.25) is 0 Å². The first-order valence-corrected chi connectivity index (χ1v) is 8.45. The molecule has 0 aliphatic rings. The second-order valence-electron chi connectivity index (χ2n) is 2.94. The zero-order valence-electron chi connectivity index (χ0n) is 7.51. The van der Waals surface area contributed by atoms with Crippen LogP contribution in [0.1, 0.15) is 15.9 Å². The van der Waals surface area contributed by atoms with E-state index in [9.17, 15) is 5.11 Å². The third-order valence-electron chi connectivity index (χ3n) is 1.87. The molecule has 2 rings (SSSR count). The number of aliphatic hydroxyl groups excluding tert-OH is 1. The predicted molar refractivity (Wildman–Crippen MR) is 80.8 cm³/mol. The number of hydrogen-bond acceptors (Lipinski definition) is 3. The lowest BCUT2D eigenvalue weighted by atomic mass is 10.2. The molecule has 1 nitrogen and oxygen atoms in total. The van der Waals surface area contributed by atoms with Gasteiger partial charge in [0.25, 0.3) is 0 Å². The van der Waals surface area contributed by atoms with Crippen molar-refractivity contribution in [2.45, 2.75) is 6.10 Å². The van der Waals surface area contributed by atoms with Crippen molar-refractivity contribution in [3.05, 3.63) is 39.0 Å². The number of halogens is 4. The van der Waals surface area contributed by atoms with Crippen LogP contribution in [0.15, 0.2) is 24.2 Å². The molecule has 2 heterocycles. The Morgan fingerprint density at radius 3 is 2.06 bits per heavy atom. The first kappa shape index (κ1) is 13.5. The molecule has 0 aliphatic heterocycles. The topological polar surface area (TPSA) is 20.2 Å². The lowest BCUT2D eigenvalue weighted by Gasteiger charge is -2.04. The molecule has 1 unspecified atom stereocenters. The van der Waals surface area contributed by atoms with Crippen molar-refractivity contribution in [3.63, 3.8) is 0 Å². The van der Waals surface area contributed by atoms with Crippen LogP contribution < -0.4 is 0 Å². The highest BCUT2D eigenvalue weighted by Gasteiger charge is 2.18. The van der Waals surface area contributed by atoms with Crippen LogP contribution in [0.5, 0.6) is 0 Å². The van der Waals surface area contributed by atoms with Gasteiger partial charge >= 0.3 is 0 Å². The van der Waals surface area contributed by atoms with E-state index in [-0.39, 0.29) is 0 Å². The lowest BCUT2D eigenvalue weighted by Crippen LogP contribution is -1.92. The molecular formula is C9H4Br3ClOS2. The minimum Gasteiger partial charge on any atom is -0.382 e. The molecule has 0 amide bonds. The van der Waals surface area contributed by atoms with Crippen molar-refractivity contribution in [1.29, 1.82) is 0 Å². The molecular weight excluding hydrogens is 463 g/mol. The summed E-state index contributed by atoms with van der Waals surface area (Å²) >= 11 is 19.0. The molecule has 1 atom stereocenters. The maximum atomic E-state index is 10.2. The Bertz CT molecular complexity index is 438. The average molecular weight is 467 g/mol. The molecule has 0 bridgehead atoms. The van der Waals surface area contributed by atoms with Gasteiger partial charge in [-0.1, -0.05) is 11.6 Å². The lowest BCUT2D eigenvalue weighted by molar-refractivity contribution is 0.228. The first-order chi connectivity index (χ1) is 7.49. The highest BCUT2D eigenvalue weighted by molar-refractivity contribution is 9.13. The number of rotatable bonds is 2. The molecule has 0 radical (unpaired) electrons. The highest BCUT2D eigenvalue weighted by atomic mass is 79.9. The van der Waals surface area contributed by atoms with Crippen molar-refractivity contribution in [2.24, 2.45) is 0 Å². The zero-order chi connectivity index (χ0) is 11.9. The summed E-state index contributed by atoms with van der Waals surface area (Å²) in [6.45, 7) is 0. The molecule has 1 N–H and O–H groups in total. The SMILES string of the molecule is OC(c1cc(Cl)c(Br)s1)c1cc(Br)c(Br)s1. The minimum atomic E-state index is -0.624. The highest BCUT2D eigenvalue weighted by Crippen LogP contribution is 2.41. The van der Waals surface area contributed by atoms with E-state index in [4.69, 9.17) is 11.6 Å². The fraction of sp³-hybridized carbons (Fsp3) is 0.111. The second kappa shape index (κ2) is 5.38. The number of aliphatic hydroxyl groups is 1. The molecule has 0 aliphatic carbocycles. The van der Waals surface area contributed by atoms with Crippen LogP contribution in [0.25, 0.3) is 0 Å². The maximum absolute atomic E-state index is 10.2. The minimum absolute atomic E-state index is 0.624. The van der Waals surface area contributed by atoms with E-state index in [2.05, 4.69) is 47.8 Å². The molecule has 0 saturated carbocycles. The Labute approximate surface area is 131 Å². The van der Waals surface area contributed by atoms with E-state index >= 15 is 0 Å². The largest absolute Gasteiger partial charge is 0.382 e. The van der Waals surface area contributed by atoms with E-state index in [0.29, 0.717) is 5.02 Å².